The van der Waals surface area contributed by atoms with Crippen LogP contribution in [0.4, 0.5) is 0 Å². The van der Waals surface area contributed by atoms with Crippen LogP contribution in [0, 0.1) is 0 Å². The largest absolute Gasteiger partial charge is 0.490 e. The van der Waals surface area contributed by atoms with Gasteiger partial charge in [-0.25, -0.2) is 0 Å². The van der Waals surface area contributed by atoms with E-state index in [2.05, 4.69) is 22.2 Å². The van der Waals surface area contributed by atoms with Gasteiger partial charge in [0.15, 0.2) is 17.5 Å². The zero-order valence-corrected chi connectivity index (χ0v) is 11.8. The van der Waals surface area contributed by atoms with Gasteiger partial charge in [0, 0.05) is 26.6 Å². The maximum atomic E-state index is 5.68. The Morgan fingerprint density at radius 1 is 1.30 bits per heavy atom. The van der Waals surface area contributed by atoms with E-state index in [-0.39, 0.29) is 0 Å². The Labute approximate surface area is 119 Å². The summed E-state index contributed by atoms with van der Waals surface area (Å²) in [5, 5.41) is 6.36. The highest BCUT2D eigenvalue weighted by atomic mass is 16.5. The fourth-order valence-corrected chi connectivity index (χ4v) is 1.89. The van der Waals surface area contributed by atoms with Crippen molar-refractivity contribution in [3.8, 4) is 11.5 Å². The highest BCUT2D eigenvalue weighted by Gasteiger charge is 2.10. The summed E-state index contributed by atoms with van der Waals surface area (Å²) >= 11 is 0. The zero-order valence-electron chi connectivity index (χ0n) is 11.8. The number of ether oxygens (including phenoxy) is 2. The van der Waals surface area contributed by atoms with E-state index >= 15 is 0 Å². The molecule has 108 valence electrons. The first-order chi connectivity index (χ1) is 9.83. The topological polar surface area (TPSA) is 54.9 Å². The summed E-state index contributed by atoms with van der Waals surface area (Å²) < 4.78 is 11.3. The molecule has 0 atom stereocenters. The van der Waals surface area contributed by atoms with Gasteiger partial charge in [-0.15, -0.1) is 6.58 Å². The van der Waals surface area contributed by atoms with Crippen molar-refractivity contribution in [3.63, 3.8) is 0 Å². The Morgan fingerprint density at radius 2 is 2.10 bits per heavy atom. The molecule has 0 fully saturated rings. The first kappa shape index (κ1) is 14.2. The quantitative estimate of drug-likeness (QED) is 0.499. The Hall–Kier alpha value is -2.17. The van der Waals surface area contributed by atoms with Gasteiger partial charge in [0.05, 0.1) is 13.2 Å². The molecule has 0 aliphatic carbocycles. The maximum Gasteiger partial charge on any atom is 0.191 e. The number of hydrogen-bond donors (Lipinski definition) is 2. The highest BCUT2D eigenvalue weighted by Crippen LogP contribution is 2.30. The molecule has 0 unspecified atom stereocenters. The van der Waals surface area contributed by atoms with Crippen LogP contribution in [0.15, 0.2) is 35.8 Å². The molecule has 1 aliphatic heterocycles. The van der Waals surface area contributed by atoms with Gasteiger partial charge in [0.1, 0.15) is 0 Å². The Morgan fingerprint density at radius 3 is 2.85 bits per heavy atom. The molecule has 5 nitrogen and oxygen atoms in total. The van der Waals surface area contributed by atoms with Crippen molar-refractivity contribution in [2.24, 2.45) is 4.99 Å². The maximum absolute atomic E-state index is 5.68. The summed E-state index contributed by atoms with van der Waals surface area (Å²) in [4.78, 5) is 4.13. The van der Waals surface area contributed by atoms with Gasteiger partial charge in [-0.3, -0.25) is 4.99 Å². The first-order valence-corrected chi connectivity index (χ1v) is 6.77. The normalized spacial score (nSPS) is 14.3. The lowest BCUT2D eigenvalue weighted by atomic mass is 10.2. The van der Waals surface area contributed by atoms with Gasteiger partial charge in [0.2, 0.25) is 0 Å². The summed E-state index contributed by atoms with van der Waals surface area (Å²) in [5.41, 5.74) is 1.12. The second-order valence-electron chi connectivity index (χ2n) is 4.43. The molecule has 2 N–H and O–H groups in total. The van der Waals surface area contributed by atoms with Crippen LogP contribution in [-0.2, 0) is 6.54 Å². The number of benzene rings is 1. The van der Waals surface area contributed by atoms with E-state index in [1.165, 1.54) is 0 Å². The average Bonchev–Trinajstić information content (AvgIpc) is 2.72. The summed E-state index contributed by atoms with van der Waals surface area (Å²) in [7, 11) is 1.74. The van der Waals surface area contributed by atoms with Crippen molar-refractivity contribution in [1.82, 2.24) is 10.6 Å². The van der Waals surface area contributed by atoms with Crippen LogP contribution < -0.4 is 20.1 Å². The Balaban J connectivity index is 1.96. The molecule has 1 aromatic carbocycles. The minimum atomic E-state index is 0.674. The fourth-order valence-electron chi connectivity index (χ4n) is 1.89. The van der Waals surface area contributed by atoms with Gasteiger partial charge in [0.25, 0.3) is 0 Å². The molecule has 0 bridgehead atoms. The van der Waals surface area contributed by atoms with E-state index in [1.54, 1.807) is 13.1 Å². The van der Waals surface area contributed by atoms with E-state index in [9.17, 15) is 0 Å². The number of aliphatic imine (C=N–C) groups is 1. The molecule has 5 heteroatoms. The van der Waals surface area contributed by atoms with Crippen molar-refractivity contribution < 1.29 is 9.47 Å². The molecule has 1 aromatic rings. The molecule has 1 heterocycles. The summed E-state index contributed by atoms with van der Waals surface area (Å²) in [6.45, 7) is 6.43. The summed E-state index contributed by atoms with van der Waals surface area (Å²) in [5.74, 6) is 2.38. The molecule has 20 heavy (non-hydrogen) atoms. The van der Waals surface area contributed by atoms with Crippen LogP contribution in [0.3, 0.4) is 0 Å². The SMILES string of the molecule is C=CCNC(=NC)NCc1ccc2c(c1)OCCCO2. The number of rotatable bonds is 4. The Bertz CT molecular complexity index is 486. The lowest BCUT2D eigenvalue weighted by molar-refractivity contribution is 0.297. The van der Waals surface area contributed by atoms with Gasteiger partial charge in [-0.05, 0) is 17.7 Å². The van der Waals surface area contributed by atoms with Crippen LogP contribution in [0.2, 0.25) is 0 Å². The second kappa shape index (κ2) is 7.43. The minimum absolute atomic E-state index is 0.674. The monoisotopic (exact) mass is 275 g/mol. The molecule has 2 rings (SSSR count). The lowest BCUT2D eigenvalue weighted by Crippen LogP contribution is -2.36. The van der Waals surface area contributed by atoms with Gasteiger partial charge >= 0.3 is 0 Å². The predicted octanol–water partition coefficient (Wildman–Crippen LogP) is 1.70. The van der Waals surface area contributed by atoms with Crippen molar-refractivity contribution in [3.05, 3.63) is 36.4 Å². The third-order valence-electron chi connectivity index (χ3n) is 2.91. The van der Waals surface area contributed by atoms with E-state index < -0.39 is 0 Å². The van der Waals surface area contributed by atoms with E-state index in [0.29, 0.717) is 26.3 Å². The van der Waals surface area contributed by atoms with Crippen molar-refractivity contribution in [1.29, 1.82) is 0 Å². The predicted molar refractivity (Wildman–Crippen MR) is 80.4 cm³/mol. The molecule has 0 spiro atoms. The van der Waals surface area contributed by atoms with E-state index in [0.717, 1.165) is 29.4 Å². The third kappa shape index (κ3) is 3.91. The minimum Gasteiger partial charge on any atom is -0.490 e. The molecule has 0 amide bonds. The standard InChI is InChI=1S/C15H21N3O2/c1-3-7-17-15(16-2)18-11-12-5-6-13-14(10-12)20-9-4-8-19-13/h3,5-6,10H,1,4,7-9,11H2,2H3,(H2,16,17,18). The van der Waals surface area contributed by atoms with E-state index in [4.69, 9.17) is 9.47 Å². The van der Waals surface area contributed by atoms with Crippen molar-refractivity contribution in [2.75, 3.05) is 26.8 Å². The van der Waals surface area contributed by atoms with Crippen LogP contribution in [0.1, 0.15) is 12.0 Å². The zero-order chi connectivity index (χ0) is 14.2. The molecule has 0 saturated heterocycles. The van der Waals surface area contributed by atoms with Crippen molar-refractivity contribution in [2.45, 2.75) is 13.0 Å². The fraction of sp³-hybridized carbons (Fsp3) is 0.400. The molecule has 0 radical (unpaired) electrons. The first-order valence-electron chi connectivity index (χ1n) is 6.77. The second-order valence-corrected chi connectivity index (χ2v) is 4.43. The van der Waals surface area contributed by atoms with E-state index in [1.807, 2.05) is 18.2 Å². The van der Waals surface area contributed by atoms with Gasteiger partial charge < -0.3 is 20.1 Å². The number of hydrogen-bond acceptors (Lipinski definition) is 3. The number of fused-ring (bicyclic) bond motifs is 1. The number of nitrogens with one attached hydrogen (secondary N) is 2. The van der Waals surface area contributed by atoms with Crippen LogP contribution in [-0.4, -0.2) is 32.8 Å². The lowest BCUT2D eigenvalue weighted by Gasteiger charge is -2.12. The van der Waals surface area contributed by atoms with Crippen molar-refractivity contribution >= 4 is 5.96 Å². The van der Waals surface area contributed by atoms with Crippen LogP contribution >= 0.6 is 0 Å². The average molecular weight is 275 g/mol. The summed E-state index contributed by atoms with van der Waals surface area (Å²) in [6.07, 6.45) is 2.71. The highest BCUT2D eigenvalue weighted by molar-refractivity contribution is 5.79. The third-order valence-corrected chi connectivity index (χ3v) is 2.91. The molecular weight excluding hydrogens is 254 g/mol. The number of guanidine groups is 1. The van der Waals surface area contributed by atoms with Gasteiger partial charge in [-0.1, -0.05) is 12.1 Å². The molecule has 0 aromatic heterocycles. The molecular formula is C15H21N3O2. The number of nitrogens with zero attached hydrogens (tertiary/aromatic N) is 1. The van der Waals surface area contributed by atoms with Crippen LogP contribution in [0.25, 0.3) is 0 Å². The van der Waals surface area contributed by atoms with Gasteiger partial charge in [-0.2, -0.15) is 0 Å². The van der Waals surface area contributed by atoms with Crippen LogP contribution in [0.5, 0.6) is 11.5 Å². The molecule has 0 saturated carbocycles. The smallest absolute Gasteiger partial charge is 0.191 e. The molecule has 1 aliphatic rings. The summed E-state index contributed by atoms with van der Waals surface area (Å²) in [6, 6.07) is 5.99. The Kier molecular flexibility index (Phi) is 5.29.